The lowest BCUT2D eigenvalue weighted by molar-refractivity contribution is -0.159. The third-order valence-electron chi connectivity index (χ3n) is 2.84. The maximum Gasteiger partial charge on any atom is 0.373 e. The minimum atomic E-state index is -5.02. The first kappa shape index (κ1) is 16.8. The Morgan fingerprint density at radius 3 is 2.40 bits per heavy atom. The summed E-state index contributed by atoms with van der Waals surface area (Å²) in [4.78, 5) is 12.2. The van der Waals surface area contributed by atoms with Crippen molar-refractivity contribution in [1.82, 2.24) is 4.72 Å². The second-order valence-electron chi connectivity index (χ2n) is 6.02. The number of rotatable bonds is 4. The molecule has 7 heteroatoms. The second kappa shape index (κ2) is 5.65. The minimum absolute atomic E-state index is 0.399. The molecule has 0 heterocycles. The number of allylic oxidation sites excluding steroid dienone is 3. The summed E-state index contributed by atoms with van der Waals surface area (Å²) in [6.07, 6.45) is 7.31. The van der Waals surface area contributed by atoms with Crippen molar-refractivity contribution in [1.29, 1.82) is 0 Å². The lowest BCUT2D eigenvalue weighted by Gasteiger charge is -2.35. The standard InChI is InChI=1S/C13H20FNO4S/c1-12(2,3)19-11(16)10(15-20(14,17)18)13(4)8-6-5-7-9-13/h5-8,10,15H,9H2,1-4H3/t10-,13?/m0/s1. The number of halogens is 1. The Hall–Kier alpha value is -1.21. The molecule has 0 aromatic rings. The van der Waals surface area contributed by atoms with Crippen molar-refractivity contribution < 1.29 is 21.8 Å². The smallest absolute Gasteiger partial charge is 0.373 e. The molecule has 0 saturated heterocycles. The molecule has 1 aliphatic carbocycles. The molecule has 0 amide bonds. The lowest BCUT2D eigenvalue weighted by atomic mass is 9.77. The molecule has 114 valence electrons. The van der Waals surface area contributed by atoms with Crippen LogP contribution >= 0.6 is 0 Å². The van der Waals surface area contributed by atoms with Gasteiger partial charge in [0.15, 0.2) is 0 Å². The molecule has 0 bridgehead atoms. The van der Waals surface area contributed by atoms with Crippen molar-refractivity contribution in [2.24, 2.45) is 5.41 Å². The molecule has 0 spiro atoms. The summed E-state index contributed by atoms with van der Waals surface area (Å²) < 4.78 is 41.6. The fourth-order valence-corrected chi connectivity index (χ4v) is 2.56. The third-order valence-corrected chi connectivity index (χ3v) is 3.36. The maximum absolute atomic E-state index is 13.0. The fourth-order valence-electron chi connectivity index (χ4n) is 1.91. The van der Waals surface area contributed by atoms with E-state index in [1.165, 1.54) is 0 Å². The van der Waals surface area contributed by atoms with Gasteiger partial charge in [0.25, 0.3) is 0 Å². The third kappa shape index (κ3) is 5.05. The van der Waals surface area contributed by atoms with Crippen LogP contribution in [0.1, 0.15) is 34.1 Å². The molecule has 0 saturated carbocycles. The number of carbonyl (C=O) groups is 1. The molecule has 2 atom stereocenters. The zero-order chi connectivity index (χ0) is 15.6. The molecule has 0 aliphatic heterocycles. The summed E-state index contributed by atoms with van der Waals surface area (Å²) in [6, 6.07) is -1.32. The van der Waals surface area contributed by atoms with E-state index in [2.05, 4.69) is 0 Å². The molecule has 0 fully saturated rings. The summed E-state index contributed by atoms with van der Waals surface area (Å²) in [5, 5.41) is 0. The highest BCUT2D eigenvalue weighted by Crippen LogP contribution is 2.33. The monoisotopic (exact) mass is 305 g/mol. The van der Waals surface area contributed by atoms with E-state index in [-0.39, 0.29) is 0 Å². The maximum atomic E-state index is 13.0. The van der Waals surface area contributed by atoms with Crippen molar-refractivity contribution in [2.45, 2.75) is 45.8 Å². The first-order chi connectivity index (χ1) is 8.93. The number of hydrogen-bond donors (Lipinski definition) is 1. The van der Waals surface area contributed by atoms with Gasteiger partial charge in [0.05, 0.1) is 0 Å². The van der Waals surface area contributed by atoms with Crippen LogP contribution in [0.25, 0.3) is 0 Å². The molecule has 1 N–H and O–H groups in total. The number of carbonyl (C=O) groups excluding carboxylic acids is 1. The SMILES string of the molecule is CC(C)(C)OC(=O)[C@H](NS(=O)(=O)F)C1(C)C=CC=CC1. The highest BCUT2D eigenvalue weighted by atomic mass is 32.3. The van der Waals surface area contributed by atoms with Crippen LogP contribution in [0.3, 0.4) is 0 Å². The molecule has 1 rings (SSSR count). The van der Waals surface area contributed by atoms with Crippen LogP contribution in [0.5, 0.6) is 0 Å². The van der Waals surface area contributed by atoms with Gasteiger partial charge in [-0.05, 0) is 27.2 Å². The van der Waals surface area contributed by atoms with Gasteiger partial charge >= 0.3 is 16.4 Å². The Kier molecular flexibility index (Phi) is 4.76. The molecule has 5 nitrogen and oxygen atoms in total. The summed E-state index contributed by atoms with van der Waals surface area (Å²) in [5.74, 6) is -0.804. The fraction of sp³-hybridized carbons (Fsp3) is 0.615. The molecule has 0 aromatic heterocycles. The van der Waals surface area contributed by atoms with E-state index in [9.17, 15) is 17.1 Å². The molecule has 1 aliphatic rings. The van der Waals surface area contributed by atoms with Crippen LogP contribution in [0, 0.1) is 5.41 Å². The average Bonchev–Trinajstić information content (AvgIpc) is 2.23. The van der Waals surface area contributed by atoms with Gasteiger partial charge in [0.1, 0.15) is 11.6 Å². The predicted octanol–water partition coefficient (Wildman–Crippen LogP) is 2.02. The molecule has 0 aromatic carbocycles. The van der Waals surface area contributed by atoms with E-state index in [4.69, 9.17) is 4.74 Å². The van der Waals surface area contributed by atoms with Crippen molar-refractivity contribution in [2.75, 3.05) is 0 Å². The van der Waals surface area contributed by atoms with Crippen LogP contribution < -0.4 is 4.72 Å². The van der Waals surface area contributed by atoms with Crippen LogP contribution in [-0.4, -0.2) is 26.0 Å². The Labute approximate surface area is 119 Å². The lowest BCUT2D eigenvalue weighted by Crippen LogP contribution is -2.52. The van der Waals surface area contributed by atoms with E-state index in [1.54, 1.807) is 56.7 Å². The van der Waals surface area contributed by atoms with E-state index < -0.39 is 33.4 Å². The number of hydrogen-bond acceptors (Lipinski definition) is 4. The van der Waals surface area contributed by atoms with Crippen molar-refractivity contribution in [3.8, 4) is 0 Å². The summed E-state index contributed by atoms with van der Waals surface area (Å²) in [7, 11) is -5.02. The molecule has 20 heavy (non-hydrogen) atoms. The van der Waals surface area contributed by atoms with Crippen molar-refractivity contribution >= 4 is 16.4 Å². The minimum Gasteiger partial charge on any atom is -0.459 e. The number of nitrogens with one attached hydrogen (secondary N) is 1. The Morgan fingerprint density at radius 1 is 1.40 bits per heavy atom. The highest BCUT2D eigenvalue weighted by Gasteiger charge is 2.42. The Bertz CT molecular complexity index is 533. The molecule has 0 radical (unpaired) electrons. The van der Waals surface area contributed by atoms with Crippen LogP contribution in [-0.2, 0) is 19.9 Å². The van der Waals surface area contributed by atoms with Crippen LogP contribution in [0.2, 0.25) is 0 Å². The quantitative estimate of drug-likeness (QED) is 0.637. The van der Waals surface area contributed by atoms with Gasteiger partial charge in [-0.1, -0.05) is 35.1 Å². The number of ether oxygens (including phenoxy) is 1. The van der Waals surface area contributed by atoms with Crippen molar-refractivity contribution in [3.63, 3.8) is 0 Å². The average molecular weight is 305 g/mol. The van der Waals surface area contributed by atoms with E-state index >= 15 is 0 Å². The summed E-state index contributed by atoms with van der Waals surface area (Å²) >= 11 is 0. The Morgan fingerprint density at radius 2 is 2.00 bits per heavy atom. The molecular weight excluding hydrogens is 285 g/mol. The first-order valence-corrected chi connectivity index (χ1v) is 7.60. The van der Waals surface area contributed by atoms with Gasteiger partial charge in [-0.2, -0.15) is 13.1 Å². The van der Waals surface area contributed by atoms with Gasteiger partial charge in [-0.3, -0.25) is 4.79 Å². The molecule has 1 unspecified atom stereocenters. The Balaban J connectivity index is 3.06. The van der Waals surface area contributed by atoms with E-state index in [1.807, 2.05) is 0 Å². The van der Waals surface area contributed by atoms with E-state index in [0.29, 0.717) is 6.42 Å². The number of esters is 1. The van der Waals surface area contributed by atoms with Crippen LogP contribution in [0.15, 0.2) is 24.3 Å². The van der Waals surface area contributed by atoms with Gasteiger partial charge in [0.2, 0.25) is 0 Å². The molecular formula is C13H20FNO4S. The second-order valence-corrected chi connectivity index (χ2v) is 7.13. The first-order valence-electron chi connectivity index (χ1n) is 6.22. The zero-order valence-corrected chi connectivity index (χ0v) is 12.8. The normalized spacial score (nSPS) is 24.4. The summed E-state index contributed by atoms with van der Waals surface area (Å²) in [6.45, 7) is 6.64. The predicted molar refractivity (Wildman–Crippen MR) is 73.8 cm³/mol. The van der Waals surface area contributed by atoms with Gasteiger partial charge in [0, 0.05) is 5.41 Å². The largest absolute Gasteiger partial charge is 0.459 e. The topological polar surface area (TPSA) is 72.5 Å². The van der Waals surface area contributed by atoms with E-state index in [0.717, 1.165) is 0 Å². The van der Waals surface area contributed by atoms with Gasteiger partial charge in [-0.15, -0.1) is 0 Å². The van der Waals surface area contributed by atoms with Gasteiger partial charge in [-0.25, -0.2) is 0 Å². The van der Waals surface area contributed by atoms with Gasteiger partial charge < -0.3 is 4.74 Å². The van der Waals surface area contributed by atoms with Crippen molar-refractivity contribution in [3.05, 3.63) is 24.3 Å². The zero-order valence-electron chi connectivity index (χ0n) is 12.0. The summed E-state index contributed by atoms with van der Waals surface area (Å²) in [5.41, 5.74) is -1.67. The highest BCUT2D eigenvalue weighted by molar-refractivity contribution is 7.84. The van der Waals surface area contributed by atoms with Crippen LogP contribution in [0.4, 0.5) is 3.89 Å².